The van der Waals surface area contributed by atoms with Crippen molar-refractivity contribution in [3.05, 3.63) is 39.9 Å². The zero-order chi connectivity index (χ0) is 14.4. The first-order valence-corrected chi connectivity index (χ1v) is 6.07. The van der Waals surface area contributed by atoms with Crippen molar-refractivity contribution in [1.82, 2.24) is 5.32 Å². The first-order valence-electron chi connectivity index (χ1n) is 6.07. The van der Waals surface area contributed by atoms with E-state index in [0.717, 1.165) is 0 Å². The van der Waals surface area contributed by atoms with Gasteiger partial charge in [-0.2, -0.15) is 0 Å². The predicted octanol–water partition coefficient (Wildman–Crippen LogP) is 1.27. The highest BCUT2D eigenvalue weighted by atomic mass is 16.6. The molecule has 0 bridgehead atoms. The van der Waals surface area contributed by atoms with Crippen molar-refractivity contribution in [2.75, 3.05) is 6.61 Å². The number of hydrogen-bond acceptors (Lipinski definition) is 4. The number of carbonyl (C=O) groups excluding carboxylic acids is 1. The molecule has 0 aliphatic rings. The number of nitrogens with zero attached hydrogens (tertiary/aromatic N) is 1. The maximum atomic E-state index is 11.8. The molecule has 0 aliphatic carbocycles. The van der Waals surface area contributed by atoms with Crippen LogP contribution in [0.25, 0.3) is 0 Å². The van der Waals surface area contributed by atoms with Crippen LogP contribution in [0.5, 0.6) is 0 Å². The molecule has 104 valence electrons. The molecule has 0 aliphatic heterocycles. The van der Waals surface area contributed by atoms with E-state index in [-0.39, 0.29) is 36.6 Å². The van der Waals surface area contributed by atoms with E-state index < -0.39 is 4.92 Å². The van der Waals surface area contributed by atoms with Crippen LogP contribution in [0.4, 0.5) is 5.69 Å². The van der Waals surface area contributed by atoms with Gasteiger partial charge in [-0.05, 0) is 18.4 Å². The lowest BCUT2D eigenvalue weighted by molar-refractivity contribution is -0.384. The molecular formula is C13H18N2O4. The van der Waals surface area contributed by atoms with Gasteiger partial charge in [0.2, 0.25) is 5.91 Å². The highest BCUT2D eigenvalue weighted by molar-refractivity contribution is 5.79. The van der Waals surface area contributed by atoms with Crippen molar-refractivity contribution in [2.45, 2.75) is 26.3 Å². The quantitative estimate of drug-likeness (QED) is 0.599. The molecule has 1 rings (SSSR count). The summed E-state index contributed by atoms with van der Waals surface area (Å²) in [7, 11) is 0. The number of nitrogens with one attached hydrogen (secondary N) is 1. The Labute approximate surface area is 111 Å². The average Bonchev–Trinajstić information content (AvgIpc) is 2.37. The monoisotopic (exact) mass is 266 g/mol. The van der Waals surface area contributed by atoms with Gasteiger partial charge in [-0.25, -0.2) is 0 Å². The van der Waals surface area contributed by atoms with Gasteiger partial charge in [0.1, 0.15) is 0 Å². The van der Waals surface area contributed by atoms with Gasteiger partial charge in [-0.3, -0.25) is 14.9 Å². The lowest BCUT2D eigenvalue weighted by atomic mass is 10.0. The number of hydrogen-bond donors (Lipinski definition) is 2. The molecule has 0 saturated carbocycles. The fourth-order valence-electron chi connectivity index (χ4n) is 1.57. The van der Waals surface area contributed by atoms with Crippen molar-refractivity contribution >= 4 is 11.6 Å². The Bertz CT molecular complexity index is 462. The van der Waals surface area contributed by atoms with E-state index in [1.54, 1.807) is 12.1 Å². The van der Waals surface area contributed by atoms with Gasteiger partial charge in [0.25, 0.3) is 5.69 Å². The predicted molar refractivity (Wildman–Crippen MR) is 70.7 cm³/mol. The fourth-order valence-corrected chi connectivity index (χ4v) is 1.57. The number of amides is 1. The van der Waals surface area contributed by atoms with Crippen LogP contribution in [0.1, 0.15) is 19.4 Å². The number of nitro benzene ring substituents is 1. The summed E-state index contributed by atoms with van der Waals surface area (Å²) in [4.78, 5) is 21.9. The molecule has 0 heterocycles. The van der Waals surface area contributed by atoms with Crippen LogP contribution in [0.3, 0.4) is 0 Å². The third-order valence-corrected chi connectivity index (χ3v) is 3.02. The lowest BCUT2D eigenvalue weighted by Crippen LogP contribution is -2.39. The topological polar surface area (TPSA) is 92.5 Å². The van der Waals surface area contributed by atoms with Crippen LogP contribution in [0.2, 0.25) is 0 Å². The minimum atomic E-state index is -0.488. The molecular weight excluding hydrogens is 248 g/mol. The van der Waals surface area contributed by atoms with Gasteiger partial charge in [0, 0.05) is 24.8 Å². The Balaban J connectivity index is 2.62. The van der Waals surface area contributed by atoms with Crippen LogP contribution in [-0.2, 0) is 11.2 Å². The molecule has 0 saturated heterocycles. The molecule has 1 aromatic carbocycles. The molecule has 2 atom stereocenters. The third kappa shape index (κ3) is 4.67. The molecule has 6 nitrogen and oxygen atoms in total. The maximum absolute atomic E-state index is 11.8. The van der Waals surface area contributed by atoms with Crippen LogP contribution < -0.4 is 5.32 Å². The van der Waals surface area contributed by atoms with E-state index >= 15 is 0 Å². The van der Waals surface area contributed by atoms with E-state index in [1.807, 2.05) is 13.8 Å². The molecule has 0 spiro atoms. The summed E-state index contributed by atoms with van der Waals surface area (Å²) in [5.41, 5.74) is 0.567. The molecule has 2 N–H and O–H groups in total. The number of rotatable bonds is 6. The Hall–Kier alpha value is -1.95. The molecule has 6 heteroatoms. The zero-order valence-electron chi connectivity index (χ0n) is 11.0. The smallest absolute Gasteiger partial charge is 0.269 e. The second kappa shape index (κ2) is 6.84. The van der Waals surface area contributed by atoms with Gasteiger partial charge in [-0.1, -0.05) is 19.1 Å². The average molecular weight is 266 g/mol. The number of nitro groups is 1. The molecule has 19 heavy (non-hydrogen) atoms. The van der Waals surface area contributed by atoms with Gasteiger partial charge >= 0.3 is 0 Å². The number of aliphatic hydroxyl groups is 1. The number of non-ortho nitro benzene ring substituents is 1. The van der Waals surface area contributed by atoms with Crippen LogP contribution in [0, 0.1) is 16.0 Å². The van der Waals surface area contributed by atoms with E-state index in [2.05, 4.69) is 5.32 Å². The first kappa shape index (κ1) is 15.1. The maximum Gasteiger partial charge on any atom is 0.269 e. The zero-order valence-corrected chi connectivity index (χ0v) is 11.0. The third-order valence-electron chi connectivity index (χ3n) is 3.02. The van der Waals surface area contributed by atoms with E-state index in [0.29, 0.717) is 5.56 Å². The summed E-state index contributed by atoms with van der Waals surface area (Å²) in [6, 6.07) is 5.86. The Morgan fingerprint density at radius 2 is 2.16 bits per heavy atom. The Morgan fingerprint density at radius 3 is 2.74 bits per heavy atom. The molecule has 0 radical (unpaired) electrons. The normalized spacial score (nSPS) is 13.6. The summed E-state index contributed by atoms with van der Waals surface area (Å²) < 4.78 is 0. The van der Waals surface area contributed by atoms with Crippen LogP contribution in [0.15, 0.2) is 24.3 Å². The van der Waals surface area contributed by atoms with Gasteiger partial charge in [0.05, 0.1) is 11.3 Å². The Kier molecular flexibility index (Phi) is 5.44. The van der Waals surface area contributed by atoms with Gasteiger partial charge in [0.15, 0.2) is 0 Å². The molecule has 0 unspecified atom stereocenters. The van der Waals surface area contributed by atoms with Crippen molar-refractivity contribution in [2.24, 2.45) is 5.92 Å². The summed E-state index contributed by atoms with van der Waals surface area (Å²) in [6.07, 6.45) is 0.0875. The first-order chi connectivity index (χ1) is 8.93. The number of aliphatic hydroxyl groups excluding tert-OH is 1. The van der Waals surface area contributed by atoms with Crippen molar-refractivity contribution in [3.8, 4) is 0 Å². The summed E-state index contributed by atoms with van der Waals surface area (Å²) in [5, 5.41) is 22.4. The molecule has 1 amide bonds. The van der Waals surface area contributed by atoms with Gasteiger partial charge < -0.3 is 10.4 Å². The highest BCUT2D eigenvalue weighted by Crippen LogP contribution is 2.13. The molecule has 0 fully saturated rings. The standard InChI is InChI=1S/C13H18N2O4/c1-9(8-16)10(2)14-13(17)7-11-4-3-5-12(6-11)15(18)19/h3-6,9-10,16H,7-8H2,1-2H3,(H,14,17)/t9-,10+/m1/s1. The van der Waals surface area contributed by atoms with Crippen molar-refractivity contribution < 1.29 is 14.8 Å². The molecule has 0 aromatic heterocycles. The second-order valence-corrected chi connectivity index (χ2v) is 4.62. The Morgan fingerprint density at radius 1 is 1.47 bits per heavy atom. The largest absolute Gasteiger partial charge is 0.396 e. The number of benzene rings is 1. The summed E-state index contributed by atoms with van der Waals surface area (Å²) in [6.45, 7) is 3.64. The van der Waals surface area contributed by atoms with Crippen molar-refractivity contribution in [3.63, 3.8) is 0 Å². The summed E-state index contributed by atoms with van der Waals surface area (Å²) in [5.74, 6) is -0.248. The minimum absolute atomic E-state index is 0.00173. The second-order valence-electron chi connectivity index (χ2n) is 4.62. The fraction of sp³-hybridized carbons (Fsp3) is 0.462. The van der Waals surface area contributed by atoms with Crippen molar-refractivity contribution in [1.29, 1.82) is 0 Å². The lowest BCUT2D eigenvalue weighted by Gasteiger charge is -2.19. The van der Waals surface area contributed by atoms with Crippen LogP contribution in [-0.4, -0.2) is 28.6 Å². The van der Waals surface area contributed by atoms with Gasteiger partial charge in [-0.15, -0.1) is 0 Å². The SMILES string of the molecule is C[C@H](CO)[C@H](C)NC(=O)Cc1cccc([N+](=O)[O-])c1. The molecule has 1 aromatic rings. The van der Waals surface area contributed by atoms with Crippen LogP contribution >= 0.6 is 0 Å². The number of carbonyl (C=O) groups is 1. The summed E-state index contributed by atoms with van der Waals surface area (Å²) >= 11 is 0. The minimum Gasteiger partial charge on any atom is -0.396 e. The highest BCUT2D eigenvalue weighted by Gasteiger charge is 2.15. The van der Waals surface area contributed by atoms with E-state index in [1.165, 1.54) is 12.1 Å². The van der Waals surface area contributed by atoms with E-state index in [4.69, 9.17) is 5.11 Å². The van der Waals surface area contributed by atoms with E-state index in [9.17, 15) is 14.9 Å².